The van der Waals surface area contributed by atoms with E-state index in [1.807, 2.05) is 0 Å². The number of aromatic nitrogens is 3. The highest BCUT2D eigenvalue weighted by Crippen LogP contribution is 2.27. The Hall–Kier alpha value is -1.89. The average molecular weight is 215 g/mol. The lowest BCUT2D eigenvalue weighted by molar-refractivity contribution is -0.383. The fraction of sp³-hybridized carbons (Fsp3) is 0. The number of fused-ring (bicyclic) bond motifs is 1. The normalized spacial score (nSPS) is 10.6. The van der Waals surface area contributed by atoms with Crippen molar-refractivity contribution < 1.29 is 10.1 Å². The molecule has 0 unspecified atom stereocenters. The fourth-order valence-electron chi connectivity index (χ4n) is 1.10. The van der Waals surface area contributed by atoms with Crippen LogP contribution in [0.1, 0.15) is 0 Å². The van der Waals surface area contributed by atoms with Crippen LogP contribution < -0.4 is 0 Å². The summed E-state index contributed by atoms with van der Waals surface area (Å²) in [4.78, 5) is 10.4. The van der Waals surface area contributed by atoms with Crippen LogP contribution >= 0.6 is 11.6 Å². The first-order chi connectivity index (χ1) is 6.59. The minimum atomic E-state index is -0.636. The molecule has 1 heterocycles. The first-order valence-electron chi connectivity index (χ1n) is 3.48. The Morgan fingerprint density at radius 3 is 2.93 bits per heavy atom. The van der Waals surface area contributed by atoms with E-state index >= 15 is 0 Å². The van der Waals surface area contributed by atoms with Crippen molar-refractivity contribution in [1.29, 1.82) is 0 Å². The molecule has 1 N–H and O–H groups in total. The van der Waals surface area contributed by atoms with Crippen LogP contribution in [0.2, 0.25) is 5.02 Å². The third-order valence-electron chi connectivity index (χ3n) is 1.68. The predicted molar refractivity (Wildman–Crippen MR) is 46.4 cm³/mol. The van der Waals surface area contributed by atoms with Crippen molar-refractivity contribution in [2.75, 3.05) is 0 Å². The molecule has 1 aromatic heterocycles. The molecule has 1 aromatic carbocycles. The predicted octanol–water partition coefficient (Wildman–Crippen LogP) is 1.23. The molecular weight excluding hydrogens is 212 g/mol. The number of halogens is 1. The highest BCUT2D eigenvalue weighted by molar-refractivity contribution is 6.31. The molecule has 0 fully saturated rings. The molecule has 2 aromatic rings. The first kappa shape index (κ1) is 8.70. The molecule has 0 saturated carbocycles. The molecule has 0 aliphatic heterocycles. The highest BCUT2D eigenvalue weighted by Gasteiger charge is 2.18. The van der Waals surface area contributed by atoms with Gasteiger partial charge in [-0.25, -0.2) is 0 Å². The van der Waals surface area contributed by atoms with Crippen LogP contribution in [0, 0.1) is 10.1 Å². The number of nitrogens with zero attached hydrogens (tertiary/aromatic N) is 4. The van der Waals surface area contributed by atoms with Gasteiger partial charge in [-0.05, 0) is 11.3 Å². The fourth-order valence-corrected chi connectivity index (χ4v) is 1.31. The second kappa shape index (κ2) is 2.81. The van der Waals surface area contributed by atoms with Gasteiger partial charge >= 0.3 is 5.69 Å². The van der Waals surface area contributed by atoms with E-state index in [9.17, 15) is 10.1 Å². The van der Waals surface area contributed by atoms with Gasteiger partial charge in [0, 0.05) is 11.1 Å². The van der Waals surface area contributed by atoms with E-state index in [0.29, 0.717) is 4.85 Å². The molecule has 0 spiro atoms. The summed E-state index contributed by atoms with van der Waals surface area (Å²) in [7, 11) is 0. The minimum absolute atomic E-state index is 0.00176. The molecule has 0 atom stereocenters. The number of nitro benzene ring substituents is 1. The topological polar surface area (TPSA) is 94.1 Å². The van der Waals surface area contributed by atoms with Crippen molar-refractivity contribution in [1.82, 2.24) is 15.2 Å². The van der Waals surface area contributed by atoms with E-state index in [2.05, 4.69) is 10.3 Å². The lowest BCUT2D eigenvalue weighted by Gasteiger charge is -1.94. The molecule has 8 heteroatoms. The maximum absolute atomic E-state index is 10.6. The standard InChI is InChI=1S/C6H3ClN4O3/c7-3-1-4-6(8-9-10(4)12)5(2-3)11(13)14/h1-2,12H. The molecule has 14 heavy (non-hydrogen) atoms. The Labute approximate surface area is 81.6 Å². The van der Waals surface area contributed by atoms with E-state index in [4.69, 9.17) is 16.8 Å². The molecule has 0 bridgehead atoms. The second-order valence-corrected chi connectivity index (χ2v) is 2.97. The lowest BCUT2D eigenvalue weighted by atomic mass is 10.3. The Kier molecular flexibility index (Phi) is 1.74. The summed E-state index contributed by atoms with van der Waals surface area (Å²) in [5, 5.41) is 26.5. The van der Waals surface area contributed by atoms with E-state index in [-0.39, 0.29) is 21.7 Å². The van der Waals surface area contributed by atoms with Gasteiger partial charge in [-0.3, -0.25) is 10.1 Å². The molecular formula is C6H3ClN4O3. The summed E-state index contributed by atoms with van der Waals surface area (Å²) < 4.78 is 0. The monoisotopic (exact) mass is 214 g/mol. The van der Waals surface area contributed by atoms with Crippen LogP contribution in [-0.2, 0) is 0 Å². The molecule has 0 radical (unpaired) electrons. The highest BCUT2D eigenvalue weighted by atomic mass is 35.5. The van der Waals surface area contributed by atoms with Crippen LogP contribution in [0.4, 0.5) is 5.69 Å². The van der Waals surface area contributed by atoms with Gasteiger partial charge in [0.15, 0.2) is 5.52 Å². The summed E-state index contributed by atoms with van der Waals surface area (Å²) in [5.74, 6) is 0. The van der Waals surface area contributed by atoms with Crippen molar-refractivity contribution in [3.05, 3.63) is 27.3 Å². The number of nitro groups is 1. The van der Waals surface area contributed by atoms with Crippen LogP contribution in [0.25, 0.3) is 11.0 Å². The van der Waals surface area contributed by atoms with Crippen molar-refractivity contribution in [3.8, 4) is 0 Å². The zero-order valence-corrected chi connectivity index (χ0v) is 7.34. The maximum Gasteiger partial charge on any atom is 0.300 e. The molecule has 0 aliphatic rings. The Balaban J connectivity index is 2.88. The molecule has 0 aliphatic carbocycles. The molecule has 7 nitrogen and oxygen atoms in total. The van der Waals surface area contributed by atoms with Gasteiger partial charge < -0.3 is 5.21 Å². The molecule has 0 saturated heterocycles. The van der Waals surface area contributed by atoms with Gasteiger partial charge in [-0.15, -0.1) is 5.10 Å². The molecule has 2 rings (SSSR count). The summed E-state index contributed by atoms with van der Waals surface area (Å²) in [5.41, 5.74) is -0.182. The van der Waals surface area contributed by atoms with E-state index in [1.165, 1.54) is 6.07 Å². The van der Waals surface area contributed by atoms with Gasteiger partial charge in [0.2, 0.25) is 0 Å². The van der Waals surface area contributed by atoms with Gasteiger partial charge in [0.1, 0.15) is 5.52 Å². The number of rotatable bonds is 1. The smallest absolute Gasteiger partial charge is 0.300 e. The zero-order valence-electron chi connectivity index (χ0n) is 6.59. The van der Waals surface area contributed by atoms with Crippen molar-refractivity contribution in [3.63, 3.8) is 0 Å². The number of hydrogen-bond donors (Lipinski definition) is 1. The largest absolute Gasteiger partial charge is 0.410 e. The lowest BCUT2D eigenvalue weighted by Crippen LogP contribution is -1.92. The number of hydrogen-bond acceptors (Lipinski definition) is 5. The van der Waals surface area contributed by atoms with Crippen molar-refractivity contribution >= 4 is 28.3 Å². The van der Waals surface area contributed by atoms with Gasteiger partial charge in [-0.1, -0.05) is 16.4 Å². The first-order valence-corrected chi connectivity index (χ1v) is 3.86. The van der Waals surface area contributed by atoms with Crippen LogP contribution in [0.3, 0.4) is 0 Å². The van der Waals surface area contributed by atoms with Crippen molar-refractivity contribution in [2.24, 2.45) is 0 Å². The Morgan fingerprint density at radius 1 is 1.57 bits per heavy atom. The number of non-ortho nitro benzene ring substituents is 1. The van der Waals surface area contributed by atoms with Gasteiger partial charge in [0.25, 0.3) is 0 Å². The van der Waals surface area contributed by atoms with Crippen LogP contribution in [-0.4, -0.2) is 25.3 Å². The van der Waals surface area contributed by atoms with Crippen molar-refractivity contribution in [2.45, 2.75) is 0 Å². The third-order valence-corrected chi connectivity index (χ3v) is 1.89. The Bertz CT molecular complexity index is 523. The molecule has 72 valence electrons. The minimum Gasteiger partial charge on any atom is -0.410 e. The molecule has 0 amide bonds. The van der Waals surface area contributed by atoms with Crippen LogP contribution in [0.5, 0.6) is 0 Å². The van der Waals surface area contributed by atoms with E-state index < -0.39 is 4.92 Å². The summed E-state index contributed by atoms with van der Waals surface area (Å²) in [6.07, 6.45) is 0. The quantitative estimate of drug-likeness (QED) is 0.438. The Morgan fingerprint density at radius 2 is 2.29 bits per heavy atom. The number of benzene rings is 1. The second-order valence-electron chi connectivity index (χ2n) is 2.53. The third kappa shape index (κ3) is 1.14. The summed E-state index contributed by atoms with van der Waals surface area (Å²) in [6.45, 7) is 0. The van der Waals surface area contributed by atoms with Gasteiger partial charge in [-0.2, -0.15) is 0 Å². The summed E-state index contributed by atoms with van der Waals surface area (Å²) >= 11 is 5.61. The average Bonchev–Trinajstić information content (AvgIpc) is 2.47. The van der Waals surface area contributed by atoms with E-state index in [1.54, 1.807) is 0 Å². The SMILES string of the molecule is O=[N+]([O-])c1cc(Cl)cc2c1nnn2O. The van der Waals surface area contributed by atoms with Gasteiger partial charge in [0.05, 0.1) is 4.92 Å². The zero-order chi connectivity index (χ0) is 10.3. The van der Waals surface area contributed by atoms with E-state index in [0.717, 1.165) is 6.07 Å². The van der Waals surface area contributed by atoms with Crippen LogP contribution in [0.15, 0.2) is 12.1 Å². The summed E-state index contributed by atoms with van der Waals surface area (Å²) in [6, 6.07) is 2.49. The maximum atomic E-state index is 10.6.